The highest BCUT2D eigenvalue weighted by Crippen LogP contribution is 2.23. The van der Waals surface area contributed by atoms with E-state index in [9.17, 15) is 19.8 Å². The zero-order valence-corrected chi connectivity index (χ0v) is 12.2. The van der Waals surface area contributed by atoms with Gasteiger partial charge in [-0.05, 0) is 57.4 Å². The lowest BCUT2D eigenvalue weighted by Crippen LogP contribution is -1.88. The molecule has 0 fully saturated rings. The van der Waals surface area contributed by atoms with E-state index in [-0.39, 0.29) is 11.5 Å². The number of non-ortho nitro benzene ring substituents is 1. The van der Waals surface area contributed by atoms with Crippen LogP contribution in [-0.2, 0) is 0 Å². The topological polar surface area (TPSA) is 66.9 Å². The molecule has 0 radical (unpaired) electrons. The number of hydrogen-bond donors (Lipinski definition) is 0. The summed E-state index contributed by atoms with van der Waals surface area (Å²) in [4.78, 5) is 10.1. The first-order chi connectivity index (χ1) is 10.0. The lowest BCUT2D eigenvalue weighted by molar-refractivity contribution is -0.384. The largest absolute Gasteiger partial charge is 0.269 e. The molecule has 104 valence electrons. The summed E-state index contributed by atoms with van der Waals surface area (Å²) in [5.74, 6) is -0.388. The summed E-state index contributed by atoms with van der Waals surface area (Å²) >= 11 is 3.08. The predicted molar refractivity (Wildman–Crippen MR) is 80.7 cm³/mol. The van der Waals surface area contributed by atoms with Crippen LogP contribution in [0.15, 0.2) is 46.9 Å². The molecule has 0 saturated carbocycles. The molecular weight excluding hydrogens is 339 g/mol. The minimum Gasteiger partial charge on any atom is -0.258 e. The molecule has 0 amide bonds. The zero-order valence-electron chi connectivity index (χ0n) is 10.6. The number of rotatable bonds is 3. The molecule has 6 heteroatoms. The second-order valence-electron chi connectivity index (χ2n) is 4.15. The predicted octanol–water partition coefficient (Wildman–Crippen LogP) is 4.56. The van der Waals surface area contributed by atoms with Gasteiger partial charge in [0, 0.05) is 12.1 Å². The highest BCUT2D eigenvalue weighted by Gasteiger charge is 2.07. The van der Waals surface area contributed by atoms with E-state index in [2.05, 4.69) is 15.9 Å². The van der Waals surface area contributed by atoms with Crippen LogP contribution in [0.1, 0.15) is 11.1 Å². The van der Waals surface area contributed by atoms with E-state index >= 15 is 0 Å². The molecule has 0 spiro atoms. The third-order valence-corrected chi connectivity index (χ3v) is 3.37. The molecule has 0 aliphatic carbocycles. The van der Waals surface area contributed by atoms with Crippen molar-refractivity contribution in [3.63, 3.8) is 0 Å². The van der Waals surface area contributed by atoms with Crippen LogP contribution in [-0.4, -0.2) is 4.92 Å². The first kappa shape index (κ1) is 14.9. The van der Waals surface area contributed by atoms with Gasteiger partial charge in [0.1, 0.15) is 5.82 Å². The number of nitro groups is 1. The van der Waals surface area contributed by atoms with E-state index < -0.39 is 4.92 Å². The number of halogens is 2. The maximum absolute atomic E-state index is 13.2. The van der Waals surface area contributed by atoms with Crippen LogP contribution in [0.3, 0.4) is 0 Å². The van der Waals surface area contributed by atoms with Crippen molar-refractivity contribution in [2.45, 2.75) is 0 Å². The summed E-state index contributed by atoms with van der Waals surface area (Å²) in [6, 6.07) is 12.1. The van der Waals surface area contributed by atoms with Crippen molar-refractivity contribution < 1.29 is 9.31 Å². The lowest BCUT2D eigenvalue weighted by Gasteiger charge is -2.01. The van der Waals surface area contributed by atoms with E-state index in [0.717, 1.165) is 0 Å². The molecule has 0 unspecified atom stereocenters. The maximum atomic E-state index is 13.2. The zero-order chi connectivity index (χ0) is 15.4. The highest BCUT2D eigenvalue weighted by molar-refractivity contribution is 9.10. The van der Waals surface area contributed by atoms with Gasteiger partial charge in [0.2, 0.25) is 0 Å². The van der Waals surface area contributed by atoms with Gasteiger partial charge in [0.05, 0.1) is 21.0 Å². The minimum atomic E-state index is -0.503. The minimum absolute atomic E-state index is 0.0411. The molecule has 0 aliphatic heterocycles. The van der Waals surface area contributed by atoms with Crippen LogP contribution in [0.5, 0.6) is 0 Å². The number of allylic oxidation sites excluding steroid dienone is 1. The molecule has 0 heterocycles. The smallest absolute Gasteiger partial charge is 0.258 e. The van der Waals surface area contributed by atoms with Crippen molar-refractivity contribution in [3.05, 3.63) is 74.0 Å². The summed E-state index contributed by atoms with van der Waals surface area (Å²) in [7, 11) is 0. The summed E-state index contributed by atoms with van der Waals surface area (Å²) < 4.78 is 13.5. The van der Waals surface area contributed by atoms with E-state index in [1.807, 2.05) is 6.07 Å². The first-order valence-corrected chi connectivity index (χ1v) is 6.62. The molecule has 0 atom stereocenters. The average Bonchev–Trinajstić information content (AvgIpc) is 2.48. The molecule has 0 aromatic heterocycles. The molecule has 21 heavy (non-hydrogen) atoms. The normalized spacial score (nSPS) is 11.0. The first-order valence-electron chi connectivity index (χ1n) is 5.83. The number of nitrogens with zero attached hydrogens (tertiary/aromatic N) is 2. The fourth-order valence-corrected chi connectivity index (χ4v) is 2.11. The molecule has 0 saturated heterocycles. The van der Waals surface area contributed by atoms with Gasteiger partial charge in [-0.15, -0.1) is 0 Å². The van der Waals surface area contributed by atoms with Gasteiger partial charge < -0.3 is 0 Å². The van der Waals surface area contributed by atoms with Gasteiger partial charge in [0.25, 0.3) is 5.69 Å². The molecule has 0 aliphatic rings. The van der Waals surface area contributed by atoms with Crippen LogP contribution in [0.2, 0.25) is 0 Å². The Labute approximate surface area is 128 Å². The Kier molecular flexibility index (Phi) is 4.45. The maximum Gasteiger partial charge on any atom is 0.269 e. The number of hydrogen-bond acceptors (Lipinski definition) is 3. The van der Waals surface area contributed by atoms with Crippen LogP contribution < -0.4 is 0 Å². The van der Waals surface area contributed by atoms with Gasteiger partial charge >= 0.3 is 0 Å². The molecule has 0 bridgehead atoms. The summed E-state index contributed by atoms with van der Waals surface area (Å²) in [5, 5.41) is 19.8. The van der Waals surface area contributed by atoms with Crippen molar-refractivity contribution in [1.82, 2.24) is 0 Å². The van der Waals surface area contributed by atoms with Crippen molar-refractivity contribution >= 4 is 33.3 Å². The second-order valence-corrected chi connectivity index (χ2v) is 5.00. The molecular formula is C15H8BrFN2O2. The molecule has 2 aromatic carbocycles. The van der Waals surface area contributed by atoms with E-state index in [4.69, 9.17) is 0 Å². The lowest BCUT2D eigenvalue weighted by atomic mass is 10.0. The molecule has 2 rings (SSSR count). The number of nitriles is 1. The third kappa shape index (κ3) is 3.52. The Morgan fingerprint density at radius 2 is 1.95 bits per heavy atom. The Morgan fingerprint density at radius 1 is 1.29 bits per heavy atom. The second kappa shape index (κ2) is 6.29. The average molecular weight is 347 g/mol. The Bertz CT molecular complexity index is 764. The van der Waals surface area contributed by atoms with E-state index in [1.54, 1.807) is 18.2 Å². The number of benzene rings is 2. The fraction of sp³-hybridized carbons (Fsp3) is 0. The van der Waals surface area contributed by atoms with Gasteiger partial charge in [-0.2, -0.15) is 5.26 Å². The molecule has 4 nitrogen and oxygen atoms in total. The van der Waals surface area contributed by atoms with Crippen molar-refractivity contribution in [1.29, 1.82) is 5.26 Å². The quantitative estimate of drug-likeness (QED) is 0.354. The van der Waals surface area contributed by atoms with Crippen molar-refractivity contribution in [2.24, 2.45) is 0 Å². The van der Waals surface area contributed by atoms with Crippen LogP contribution in [0.4, 0.5) is 10.1 Å². The van der Waals surface area contributed by atoms with Crippen LogP contribution in [0, 0.1) is 27.3 Å². The van der Waals surface area contributed by atoms with Crippen LogP contribution in [0.25, 0.3) is 11.6 Å². The van der Waals surface area contributed by atoms with Gasteiger partial charge in [-0.3, -0.25) is 10.1 Å². The van der Waals surface area contributed by atoms with Gasteiger partial charge in [0.15, 0.2) is 0 Å². The van der Waals surface area contributed by atoms with Gasteiger partial charge in [-0.25, -0.2) is 4.39 Å². The van der Waals surface area contributed by atoms with E-state index in [1.165, 1.54) is 30.3 Å². The SMILES string of the molecule is N#C/C(=C/c1ccc(F)c(Br)c1)c1ccc([N+](=O)[O-])cc1. The van der Waals surface area contributed by atoms with Crippen molar-refractivity contribution in [3.8, 4) is 6.07 Å². The van der Waals surface area contributed by atoms with Crippen LogP contribution >= 0.6 is 15.9 Å². The summed E-state index contributed by atoms with van der Waals surface area (Å²) in [6.07, 6.45) is 1.59. The third-order valence-electron chi connectivity index (χ3n) is 2.76. The van der Waals surface area contributed by atoms with Crippen molar-refractivity contribution in [2.75, 3.05) is 0 Å². The Balaban J connectivity index is 2.39. The Morgan fingerprint density at radius 3 is 2.48 bits per heavy atom. The molecule has 0 N–H and O–H groups in total. The fourth-order valence-electron chi connectivity index (χ4n) is 1.71. The Hall–Kier alpha value is -2.52. The standard InChI is InChI=1S/C15H8BrFN2O2/c16-14-8-10(1-6-15(14)17)7-12(9-18)11-2-4-13(5-3-11)19(20)21/h1-8H/b12-7-. The number of nitro benzene ring substituents is 1. The summed E-state index contributed by atoms with van der Waals surface area (Å²) in [5.41, 5.74) is 1.51. The summed E-state index contributed by atoms with van der Waals surface area (Å²) in [6.45, 7) is 0. The monoisotopic (exact) mass is 346 g/mol. The van der Waals surface area contributed by atoms with Gasteiger partial charge in [-0.1, -0.05) is 6.07 Å². The highest BCUT2D eigenvalue weighted by atomic mass is 79.9. The molecule has 2 aromatic rings. The van der Waals surface area contributed by atoms with E-state index in [0.29, 0.717) is 21.2 Å².